The van der Waals surface area contributed by atoms with Crippen molar-refractivity contribution in [2.75, 3.05) is 10.6 Å². The van der Waals surface area contributed by atoms with Crippen molar-refractivity contribution in [3.63, 3.8) is 0 Å². The van der Waals surface area contributed by atoms with E-state index in [9.17, 15) is 9.59 Å². The monoisotopic (exact) mass is 490 g/mol. The van der Waals surface area contributed by atoms with E-state index in [1.54, 1.807) is 10.9 Å². The maximum Gasteiger partial charge on any atom is 0.261 e. The molecule has 2 heterocycles. The number of aromatic nitrogens is 2. The zero-order valence-electron chi connectivity index (χ0n) is 17.9. The van der Waals surface area contributed by atoms with E-state index < -0.39 is 0 Å². The number of hydrogen-bond donors (Lipinski definition) is 2. The fourth-order valence-corrected chi connectivity index (χ4v) is 5.00. The topological polar surface area (TPSA) is 76.0 Å². The lowest BCUT2D eigenvalue weighted by atomic mass is 9.73. The number of amides is 1. The quantitative estimate of drug-likeness (QED) is 0.504. The summed E-state index contributed by atoms with van der Waals surface area (Å²) in [7, 11) is 0. The number of benzene rings is 2. The minimum Gasteiger partial charge on any atom is -0.343 e. The molecule has 0 radical (unpaired) electrons. The number of carbonyl (C=O) groups excluding carboxylic acids is 2. The van der Waals surface area contributed by atoms with Gasteiger partial charge in [-0.2, -0.15) is 5.10 Å². The Labute approximate surface area is 194 Å². The molecule has 1 aliphatic carbocycles. The van der Waals surface area contributed by atoms with Crippen molar-refractivity contribution >= 4 is 39.1 Å². The average Bonchev–Trinajstić information content (AvgIpc) is 3.15. The predicted octanol–water partition coefficient (Wildman–Crippen LogP) is 5.56. The zero-order chi connectivity index (χ0) is 22.5. The van der Waals surface area contributed by atoms with Gasteiger partial charge in [-0.05, 0) is 41.7 Å². The highest BCUT2D eigenvalue weighted by atomic mass is 79.9. The van der Waals surface area contributed by atoms with Crippen molar-refractivity contribution < 1.29 is 9.59 Å². The number of hydrogen-bond acceptors (Lipinski definition) is 4. The summed E-state index contributed by atoms with van der Waals surface area (Å²) in [4.78, 5) is 26.4. The van der Waals surface area contributed by atoms with Crippen LogP contribution in [0.5, 0.6) is 0 Å². The van der Waals surface area contributed by atoms with Crippen LogP contribution in [0.1, 0.15) is 48.7 Å². The van der Waals surface area contributed by atoms with Crippen LogP contribution < -0.4 is 10.6 Å². The van der Waals surface area contributed by atoms with Gasteiger partial charge in [-0.1, -0.05) is 60.1 Å². The van der Waals surface area contributed by atoms with Gasteiger partial charge in [-0.15, -0.1) is 0 Å². The van der Waals surface area contributed by atoms with E-state index in [1.165, 1.54) is 0 Å². The number of allylic oxidation sites excluding steroid dienone is 2. The molecule has 1 atom stereocenters. The minimum atomic E-state index is -0.388. The molecule has 1 amide bonds. The van der Waals surface area contributed by atoms with E-state index in [-0.39, 0.29) is 23.1 Å². The summed E-state index contributed by atoms with van der Waals surface area (Å²) in [6.45, 7) is 4.19. The average molecular weight is 491 g/mol. The van der Waals surface area contributed by atoms with E-state index in [4.69, 9.17) is 0 Å². The fraction of sp³-hybridized carbons (Fsp3) is 0.240. The van der Waals surface area contributed by atoms with Gasteiger partial charge in [0, 0.05) is 27.9 Å². The Balaban J connectivity index is 1.61. The van der Waals surface area contributed by atoms with E-state index >= 15 is 0 Å². The molecule has 0 saturated heterocycles. The fourth-order valence-electron chi connectivity index (χ4n) is 4.58. The molecule has 2 aromatic carbocycles. The molecule has 1 aliphatic heterocycles. The number of ketones is 1. The lowest BCUT2D eigenvalue weighted by Crippen LogP contribution is -2.37. The Bertz CT molecular complexity index is 1260. The summed E-state index contributed by atoms with van der Waals surface area (Å²) >= 11 is 3.55. The predicted molar refractivity (Wildman–Crippen MR) is 128 cm³/mol. The Kier molecular flexibility index (Phi) is 5.01. The van der Waals surface area contributed by atoms with Crippen molar-refractivity contribution in [2.45, 2.75) is 32.7 Å². The van der Waals surface area contributed by atoms with Crippen LogP contribution >= 0.6 is 15.9 Å². The van der Waals surface area contributed by atoms with Crippen LogP contribution in [-0.4, -0.2) is 21.5 Å². The molecule has 0 fully saturated rings. The van der Waals surface area contributed by atoms with Gasteiger partial charge in [0.25, 0.3) is 5.91 Å². The SMILES string of the molecule is CC1(C)CC(=O)C2=C(C1)Nc1c(C(=O)Nc3ccccc3)cnn1C2c1cccc(Br)c1. The van der Waals surface area contributed by atoms with Crippen LogP contribution in [0.25, 0.3) is 0 Å². The van der Waals surface area contributed by atoms with Gasteiger partial charge >= 0.3 is 0 Å². The number of anilines is 2. The lowest BCUT2D eigenvalue weighted by molar-refractivity contribution is -0.118. The number of nitrogens with zero attached hydrogens (tertiary/aromatic N) is 2. The van der Waals surface area contributed by atoms with Gasteiger partial charge in [0.1, 0.15) is 17.4 Å². The highest BCUT2D eigenvalue weighted by molar-refractivity contribution is 9.10. The second-order valence-corrected chi connectivity index (χ2v) is 10.0. The van der Waals surface area contributed by atoms with Crippen molar-refractivity contribution in [3.8, 4) is 0 Å². The van der Waals surface area contributed by atoms with Crippen LogP contribution in [0.2, 0.25) is 0 Å². The van der Waals surface area contributed by atoms with E-state index in [0.29, 0.717) is 23.5 Å². The Morgan fingerprint density at radius 2 is 1.94 bits per heavy atom. The standard InChI is InChI=1S/C25H23BrN4O2/c1-25(2)12-19-21(20(31)13-25)22(15-7-6-8-16(26)11-15)30-23(29-19)18(14-27-30)24(32)28-17-9-4-3-5-10-17/h3-11,14,22,29H,12-13H2,1-2H3,(H,28,32). The van der Waals surface area contributed by atoms with Crippen molar-refractivity contribution in [1.82, 2.24) is 9.78 Å². The lowest BCUT2D eigenvalue weighted by Gasteiger charge is -2.39. The number of nitrogens with one attached hydrogen (secondary N) is 2. The molecule has 6 nitrogen and oxygen atoms in total. The van der Waals surface area contributed by atoms with Gasteiger partial charge in [-0.3, -0.25) is 9.59 Å². The molecule has 32 heavy (non-hydrogen) atoms. The molecule has 2 N–H and O–H groups in total. The Morgan fingerprint density at radius 1 is 1.16 bits per heavy atom. The highest BCUT2D eigenvalue weighted by Crippen LogP contribution is 2.46. The molecule has 1 unspecified atom stereocenters. The number of halogens is 1. The molecule has 0 saturated carbocycles. The van der Waals surface area contributed by atoms with Crippen molar-refractivity contribution in [2.24, 2.45) is 5.41 Å². The Morgan fingerprint density at radius 3 is 2.69 bits per heavy atom. The number of carbonyl (C=O) groups is 2. The molecule has 162 valence electrons. The van der Waals surface area contributed by atoms with Gasteiger partial charge in [0.05, 0.1) is 6.20 Å². The van der Waals surface area contributed by atoms with Crippen LogP contribution in [0, 0.1) is 5.41 Å². The van der Waals surface area contributed by atoms with Crippen LogP contribution in [0.4, 0.5) is 11.5 Å². The van der Waals surface area contributed by atoms with Crippen LogP contribution in [-0.2, 0) is 4.79 Å². The summed E-state index contributed by atoms with van der Waals surface area (Å²) in [5.74, 6) is 0.473. The van der Waals surface area contributed by atoms with Crippen molar-refractivity contribution in [3.05, 3.63) is 87.7 Å². The number of fused-ring (bicyclic) bond motifs is 1. The summed E-state index contributed by atoms with van der Waals surface area (Å²) in [6, 6.07) is 16.8. The second kappa shape index (κ2) is 7.74. The molecule has 2 aliphatic rings. The first-order valence-electron chi connectivity index (χ1n) is 10.5. The van der Waals surface area contributed by atoms with Gasteiger partial charge in [0.2, 0.25) is 0 Å². The number of rotatable bonds is 3. The maximum absolute atomic E-state index is 13.3. The maximum atomic E-state index is 13.3. The molecular formula is C25H23BrN4O2. The first kappa shape index (κ1) is 20.7. The molecule has 3 aromatic rings. The first-order chi connectivity index (χ1) is 15.3. The summed E-state index contributed by atoms with van der Waals surface area (Å²) in [5, 5.41) is 10.9. The van der Waals surface area contributed by atoms with Gasteiger partial charge in [0.15, 0.2) is 5.78 Å². The van der Waals surface area contributed by atoms with E-state index in [1.807, 2.05) is 54.6 Å². The van der Waals surface area contributed by atoms with Crippen LogP contribution in [0.15, 0.2) is 76.5 Å². The molecule has 5 rings (SSSR count). The van der Waals surface area contributed by atoms with Gasteiger partial charge in [-0.25, -0.2) is 4.68 Å². The van der Waals surface area contributed by atoms with Gasteiger partial charge < -0.3 is 10.6 Å². The first-order valence-corrected chi connectivity index (χ1v) is 11.3. The second-order valence-electron chi connectivity index (χ2n) is 9.09. The molecule has 1 aromatic heterocycles. The minimum absolute atomic E-state index is 0.116. The Hall–Kier alpha value is -3.19. The molecule has 0 spiro atoms. The summed E-state index contributed by atoms with van der Waals surface area (Å²) in [5.41, 5.74) is 3.55. The number of para-hydroxylation sites is 1. The summed E-state index contributed by atoms with van der Waals surface area (Å²) in [6.07, 6.45) is 2.78. The van der Waals surface area contributed by atoms with E-state index in [2.05, 4.69) is 45.5 Å². The third kappa shape index (κ3) is 3.66. The van der Waals surface area contributed by atoms with Crippen LogP contribution in [0.3, 0.4) is 0 Å². The molecular weight excluding hydrogens is 468 g/mol. The normalized spacial score (nSPS) is 19.1. The highest BCUT2D eigenvalue weighted by Gasteiger charge is 2.42. The smallest absolute Gasteiger partial charge is 0.261 e. The molecule has 7 heteroatoms. The third-order valence-corrected chi connectivity index (χ3v) is 6.44. The zero-order valence-corrected chi connectivity index (χ0v) is 19.4. The van der Waals surface area contributed by atoms with E-state index in [0.717, 1.165) is 27.7 Å². The molecule has 0 bridgehead atoms. The summed E-state index contributed by atoms with van der Waals surface area (Å²) < 4.78 is 2.69. The van der Waals surface area contributed by atoms with Crippen molar-refractivity contribution in [1.29, 1.82) is 0 Å². The largest absolute Gasteiger partial charge is 0.343 e. The third-order valence-electron chi connectivity index (χ3n) is 5.94. The number of Topliss-reactive ketones (excluding diaryl/α,β-unsaturated/α-hetero) is 1.